The monoisotopic (exact) mass is 356 g/mol. The zero-order valence-corrected chi connectivity index (χ0v) is 15.5. The van der Waals surface area contributed by atoms with Crippen molar-refractivity contribution in [1.82, 2.24) is 5.32 Å². The Morgan fingerprint density at radius 3 is 2.52 bits per heavy atom. The van der Waals surface area contributed by atoms with Crippen molar-refractivity contribution >= 4 is 21.6 Å². The van der Waals surface area contributed by atoms with Gasteiger partial charge in [-0.05, 0) is 50.9 Å². The molecule has 2 N–H and O–H groups in total. The molecule has 21 heavy (non-hydrogen) atoms. The standard InChI is InChI=1S/C17H29BrN2O/c1-6-20(12-17(4,5)21)16-9-15(18)8-7-14(16)11-19-10-13(2)3/h7-9,13,19,21H,6,10-12H2,1-5H3. The predicted octanol–water partition coefficient (Wildman–Crippen LogP) is 3.79. The Labute approximate surface area is 137 Å². The van der Waals surface area contributed by atoms with Crippen LogP contribution in [0, 0.1) is 5.92 Å². The van der Waals surface area contributed by atoms with E-state index in [1.807, 2.05) is 13.8 Å². The van der Waals surface area contributed by atoms with Gasteiger partial charge in [0.25, 0.3) is 0 Å². The van der Waals surface area contributed by atoms with Gasteiger partial charge in [-0.2, -0.15) is 0 Å². The largest absolute Gasteiger partial charge is 0.389 e. The Kier molecular flexibility index (Phi) is 7.17. The number of benzene rings is 1. The fourth-order valence-electron chi connectivity index (χ4n) is 2.31. The molecule has 120 valence electrons. The minimum Gasteiger partial charge on any atom is -0.389 e. The Bertz CT molecular complexity index is 441. The number of hydrogen-bond acceptors (Lipinski definition) is 3. The van der Waals surface area contributed by atoms with Crippen LogP contribution in [0.15, 0.2) is 22.7 Å². The van der Waals surface area contributed by atoms with Crippen LogP contribution in [0.3, 0.4) is 0 Å². The van der Waals surface area contributed by atoms with Gasteiger partial charge < -0.3 is 15.3 Å². The maximum atomic E-state index is 10.1. The minimum atomic E-state index is -0.707. The van der Waals surface area contributed by atoms with E-state index in [-0.39, 0.29) is 0 Å². The first kappa shape index (κ1) is 18.5. The van der Waals surface area contributed by atoms with Crippen LogP contribution in [-0.4, -0.2) is 30.3 Å². The molecule has 4 heteroatoms. The minimum absolute atomic E-state index is 0.622. The lowest BCUT2D eigenvalue weighted by Gasteiger charge is -2.31. The van der Waals surface area contributed by atoms with Gasteiger partial charge in [0.2, 0.25) is 0 Å². The quantitative estimate of drug-likeness (QED) is 0.743. The summed E-state index contributed by atoms with van der Waals surface area (Å²) in [4.78, 5) is 2.23. The zero-order chi connectivity index (χ0) is 16.0. The molecule has 1 rings (SSSR count). The summed E-state index contributed by atoms with van der Waals surface area (Å²) in [6.45, 7) is 13.6. The highest BCUT2D eigenvalue weighted by Crippen LogP contribution is 2.26. The fraction of sp³-hybridized carbons (Fsp3) is 0.647. The van der Waals surface area contributed by atoms with Crippen molar-refractivity contribution in [2.24, 2.45) is 5.92 Å². The van der Waals surface area contributed by atoms with Gasteiger partial charge in [0.05, 0.1) is 5.60 Å². The smallest absolute Gasteiger partial charge is 0.0765 e. The maximum Gasteiger partial charge on any atom is 0.0765 e. The van der Waals surface area contributed by atoms with E-state index in [1.54, 1.807) is 0 Å². The molecule has 3 nitrogen and oxygen atoms in total. The lowest BCUT2D eigenvalue weighted by atomic mass is 10.1. The second-order valence-corrected chi connectivity index (χ2v) is 7.54. The van der Waals surface area contributed by atoms with Gasteiger partial charge in [-0.1, -0.05) is 35.8 Å². The molecule has 0 atom stereocenters. The zero-order valence-electron chi connectivity index (χ0n) is 13.9. The maximum absolute atomic E-state index is 10.1. The number of halogens is 1. The topological polar surface area (TPSA) is 35.5 Å². The molecule has 0 bridgehead atoms. The van der Waals surface area contributed by atoms with E-state index in [0.29, 0.717) is 12.5 Å². The molecule has 1 aromatic rings. The van der Waals surface area contributed by atoms with Gasteiger partial charge in [-0.25, -0.2) is 0 Å². The number of likely N-dealkylation sites (N-methyl/N-ethyl adjacent to an activating group) is 1. The van der Waals surface area contributed by atoms with Crippen LogP contribution in [0.1, 0.15) is 40.2 Å². The SMILES string of the molecule is CCN(CC(C)(C)O)c1cc(Br)ccc1CNCC(C)C. The highest BCUT2D eigenvalue weighted by molar-refractivity contribution is 9.10. The summed E-state index contributed by atoms with van der Waals surface area (Å²) >= 11 is 3.56. The number of nitrogens with one attached hydrogen (secondary N) is 1. The van der Waals surface area contributed by atoms with Crippen LogP contribution in [0.2, 0.25) is 0 Å². The summed E-state index contributed by atoms with van der Waals surface area (Å²) in [5, 5.41) is 13.6. The summed E-state index contributed by atoms with van der Waals surface area (Å²) < 4.78 is 1.07. The van der Waals surface area contributed by atoms with Gasteiger partial charge in [-0.3, -0.25) is 0 Å². The van der Waals surface area contributed by atoms with E-state index in [9.17, 15) is 5.11 Å². The van der Waals surface area contributed by atoms with Crippen LogP contribution in [0.5, 0.6) is 0 Å². The van der Waals surface area contributed by atoms with Crippen molar-refractivity contribution < 1.29 is 5.11 Å². The molecule has 0 aliphatic heterocycles. The van der Waals surface area contributed by atoms with Crippen molar-refractivity contribution in [1.29, 1.82) is 0 Å². The summed E-state index contributed by atoms with van der Waals surface area (Å²) in [7, 11) is 0. The van der Waals surface area contributed by atoms with Crippen LogP contribution >= 0.6 is 15.9 Å². The second kappa shape index (κ2) is 8.16. The summed E-state index contributed by atoms with van der Waals surface area (Å²) in [6, 6.07) is 6.37. The third-order valence-corrected chi connectivity index (χ3v) is 3.71. The molecule has 0 radical (unpaired) electrons. The van der Waals surface area contributed by atoms with Gasteiger partial charge >= 0.3 is 0 Å². The molecule has 1 aromatic carbocycles. The van der Waals surface area contributed by atoms with E-state index >= 15 is 0 Å². The lowest BCUT2D eigenvalue weighted by molar-refractivity contribution is 0.0875. The Morgan fingerprint density at radius 1 is 1.33 bits per heavy atom. The molecule has 0 amide bonds. The molecule has 0 heterocycles. The summed E-state index contributed by atoms with van der Waals surface area (Å²) in [5.41, 5.74) is 1.75. The van der Waals surface area contributed by atoms with Crippen molar-refractivity contribution in [3.8, 4) is 0 Å². The second-order valence-electron chi connectivity index (χ2n) is 6.62. The molecule has 0 aliphatic carbocycles. The molecule has 0 aliphatic rings. The lowest BCUT2D eigenvalue weighted by Crippen LogP contribution is -2.39. The van der Waals surface area contributed by atoms with Gasteiger partial charge in [0.15, 0.2) is 0 Å². The average Bonchev–Trinajstić information content (AvgIpc) is 2.36. The Hall–Kier alpha value is -0.580. The first-order valence-corrected chi connectivity index (χ1v) is 8.48. The van der Waals surface area contributed by atoms with Crippen LogP contribution in [0.4, 0.5) is 5.69 Å². The Balaban J connectivity index is 2.93. The number of rotatable bonds is 8. The first-order valence-electron chi connectivity index (χ1n) is 7.69. The Morgan fingerprint density at radius 2 is 2.00 bits per heavy atom. The fourth-order valence-corrected chi connectivity index (χ4v) is 2.66. The van der Waals surface area contributed by atoms with E-state index in [0.717, 1.165) is 24.1 Å². The average molecular weight is 357 g/mol. The molecular formula is C17H29BrN2O. The first-order chi connectivity index (χ1) is 9.73. The van der Waals surface area contributed by atoms with Crippen LogP contribution in [0.25, 0.3) is 0 Å². The van der Waals surface area contributed by atoms with E-state index < -0.39 is 5.60 Å². The van der Waals surface area contributed by atoms with E-state index in [1.165, 1.54) is 11.3 Å². The predicted molar refractivity (Wildman–Crippen MR) is 94.9 cm³/mol. The molecular weight excluding hydrogens is 328 g/mol. The normalized spacial score (nSPS) is 12.0. The van der Waals surface area contributed by atoms with E-state index in [2.05, 4.69) is 65.1 Å². The third kappa shape index (κ3) is 6.81. The number of nitrogens with zero attached hydrogens (tertiary/aromatic N) is 1. The van der Waals surface area contributed by atoms with Crippen LogP contribution in [-0.2, 0) is 6.54 Å². The third-order valence-electron chi connectivity index (χ3n) is 3.22. The van der Waals surface area contributed by atoms with Gasteiger partial charge in [0, 0.05) is 29.8 Å². The number of aliphatic hydroxyl groups is 1. The highest BCUT2D eigenvalue weighted by Gasteiger charge is 2.19. The van der Waals surface area contributed by atoms with Crippen LogP contribution < -0.4 is 10.2 Å². The van der Waals surface area contributed by atoms with E-state index in [4.69, 9.17) is 0 Å². The number of anilines is 1. The molecule has 0 spiro atoms. The molecule has 0 aromatic heterocycles. The molecule has 0 saturated heterocycles. The van der Waals surface area contributed by atoms with Gasteiger partial charge in [-0.15, -0.1) is 0 Å². The van der Waals surface area contributed by atoms with Crippen molar-refractivity contribution in [2.75, 3.05) is 24.5 Å². The van der Waals surface area contributed by atoms with Crippen molar-refractivity contribution in [3.05, 3.63) is 28.2 Å². The molecule has 0 unspecified atom stereocenters. The molecule has 0 fully saturated rings. The number of hydrogen-bond donors (Lipinski definition) is 2. The summed E-state index contributed by atoms with van der Waals surface area (Å²) in [6.07, 6.45) is 0. The van der Waals surface area contributed by atoms with Gasteiger partial charge in [0.1, 0.15) is 0 Å². The van der Waals surface area contributed by atoms with Crippen molar-refractivity contribution in [3.63, 3.8) is 0 Å². The highest BCUT2D eigenvalue weighted by atomic mass is 79.9. The summed E-state index contributed by atoms with van der Waals surface area (Å²) in [5.74, 6) is 0.641. The molecule has 0 saturated carbocycles. The van der Waals surface area contributed by atoms with Crippen molar-refractivity contribution in [2.45, 2.75) is 46.8 Å².